The molecule has 6 rings (SSSR count). The molecule has 2 atom stereocenters. The molecule has 2 aliphatic heterocycles. The third-order valence-electron chi connectivity index (χ3n) is 9.92. The summed E-state index contributed by atoms with van der Waals surface area (Å²) in [4.78, 5) is 0.349. The Morgan fingerprint density at radius 2 is 1.67 bits per heavy atom. The van der Waals surface area contributed by atoms with Gasteiger partial charge in [-0.25, -0.2) is 16.8 Å². The molecule has 3 fully saturated rings. The molecule has 1 unspecified atom stereocenters. The van der Waals surface area contributed by atoms with Crippen LogP contribution in [0.1, 0.15) is 51.5 Å². The Labute approximate surface area is 289 Å². The van der Waals surface area contributed by atoms with Gasteiger partial charge in [-0.3, -0.25) is 0 Å². The largest absolute Gasteiger partial charge is 0.492 e. The summed E-state index contributed by atoms with van der Waals surface area (Å²) in [6.07, 6.45) is 2.94. The fourth-order valence-electron chi connectivity index (χ4n) is 6.66. The second-order valence-electron chi connectivity index (χ2n) is 13.4. The lowest BCUT2D eigenvalue weighted by Gasteiger charge is -2.38. The minimum atomic E-state index is -3.85. The van der Waals surface area contributed by atoms with Gasteiger partial charge in [0, 0.05) is 31.2 Å². The predicted octanol–water partition coefficient (Wildman–Crippen LogP) is 3.84. The minimum Gasteiger partial charge on any atom is -0.492 e. The first-order valence-electron chi connectivity index (χ1n) is 17.0. The van der Waals surface area contributed by atoms with Gasteiger partial charge in [0.15, 0.2) is 9.84 Å². The Morgan fingerprint density at radius 3 is 2.35 bits per heavy atom. The number of piperidine rings is 1. The maximum atomic E-state index is 14.1. The Kier molecular flexibility index (Phi) is 10.4. The first-order valence-corrected chi connectivity index (χ1v) is 20.1. The van der Waals surface area contributed by atoms with Gasteiger partial charge in [-0.15, -0.1) is 0 Å². The number of aliphatic hydroxyl groups is 1. The van der Waals surface area contributed by atoms with Gasteiger partial charge in [0.25, 0.3) is 0 Å². The Hall–Kier alpha value is -3.04. The molecular formula is C36H47N3O8S2. The molecule has 3 aromatic rings. The van der Waals surface area contributed by atoms with Crippen LogP contribution in [0.5, 0.6) is 11.5 Å². The van der Waals surface area contributed by atoms with Crippen molar-refractivity contribution in [3.8, 4) is 22.6 Å². The molecule has 1 saturated carbocycles. The number of ether oxygens (including phenoxy) is 3. The van der Waals surface area contributed by atoms with Crippen molar-refractivity contribution in [3.05, 3.63) is 72.3 Å². The number of rotatable bonds is 14. The zero-order valence-corrected chi connectivity index (χ0v) is 29.8. The van der Waals surface area contributed by atoms with Gasteiger partial charge in [-0.05, 0) is 86.1 Å². The molecule has 11 nitrogen and oxygen atoms in total. The molecule has 2 heterocycles. The summed E-state index contributed by atoms with van der Waals surface area (Å²) in [5.74, 6) is 0.715. The van der Waals surface area contributed by atoms with Crippen LogP contribution in [0.25, 0.3) is 11.1 Å². The Bertz CT molecular complexity index is 1840. The van der Waals surface area contributed by atoms with Crippen molar-refractivity contribution in [3.63, 3.8) is 0 Å². The first-order chi connectivity index (χ1) is 23.4. The van der Waals surface area contributed by atoms with Crippen molar-refractivity contribution in [1.82, 2.24) is 9.62 Å². The number of hydrogen-bond acceptors (Lipinski definition) is 10. The molecule has 4 N–H and O–H groups in total. The van der Waals surface area contributed by atoms with Crippen LogP contribution >= 0.6 is 0 Å². The zero-order chi connectivity index (χ0) is 34.9. The van der Waals surface area contributed by atoms with E-state index < -0.39 is 31.6 Å². The fourth-order valence-corrected chi connectivity index (χ4v) is 9.17. The van der Waals surface area contributed by atoms with E-state index in [1.165, 1.54) is 16.4 Å². The van der Waals surface area contributed by atoms with Gasteiger partial charge < -0.3 is 30.4 Å². The lowest BCUT2D eigenvalue weighted by Crippen LogP contribution is -2.47. The third kappa shape index (κ3) is 7.98. The number of sulfone groups is 1. The molecular weight excluding hydrogens is 667 g/mol. The molecule has 0 amide bonds. The molecule has 3 aromatic carbocycles. The van der Waals surface area contributed by atoms with Crippen molar-refractivity contribution >= 4 is 19.9 Å². The van der Waals surface area contributed by atoms with Crippen LogP contribution in [0, 0.1) is 0 Å². The zero-order valence-electron chi connectivity index (χ0n) is 28.1. The highest BCUT2D eigenvalue weighted by molar-refractivity contribution is 7.91. The number of aliphatic hydroxyl groups excluding tert-OH is 1. The average Bonchev–Trinajstić information content (AvgIpc) is 3.75. The standard InChI is InChI=1S/C36H47N3O8S2/c1-3-45-33-13-10-27(26-8-11-28(12-9-26)36(37)14-15-36)20-34(33)49(43,44)39-18-16-35(17-19-39)22-29(24-47-35)38-23-30(40)25-46-31-6-5-7-32(21-31)48(41,42)4-2/h5-13,20-21,29-30,38,40H,3-4,14-19,22-25,37H2,1-2H3/t29-,30?/m0/s1. The molecule has 1 aliphatic carbocycles. The van der Waals surface area contributed by atoms with Crippen LogP contribution in [0.15, 0.2) is 76.5 Å². The second-order valence-corrected chi connectivity index (χ2v) is 17.6. The van der Waals surface area contributed by atoms with Crippen molar-refractivity contribution in [2.75, 3.05) is 45.2 Å². The Balaban J connectivity index is 1.03. The van der Waals surface area contributed by atoms with Gasteiger partial charge in [-0.1, -0.05) is 43.3 Å². The summed E-state index contributed by atoms with van der Waals surface area (Å²) >= 11 is 0. The number of benzene rings is 3. The maximum absolute atomic E-state index is 14.1. The predicted molar refractivity (Wildman–Crippen MR) is 187 cm³/mol. The van der Waals surface area contributed by atoms with Crippen LogP contribution in [0.2, 0.25) is 0 Å². The van der Waals surface area contributed by atoms with Crippen LogP contribution in [0.3, 0.4) is 0 Å². The lowest BCUT2D eigenvalue weighted by molar-refractivity contribution is -0.0312. The van der Waals surface area contributed by atoms with E-state index in [2.05, 4.69) is 5.32 Å². The molecule has 1 spiro atoms. The second kappa shape index (κ2) is 14.3. The third-order valence-corrected chi connectivity index (χ3v) is 13.6. The SMILES string of the molecule is CCOc1ccc(-c2ccc(C3(N)CC3)cc2)cc1S(=O)(=O)N1CCC2(CC1)C[C@H](NCC(O)COc1cccc(S(=O)(=O)CC)c1)CO2. The molecule has 0 bridgehead atoms. The molecule has 2 saturated heterocycles. The number of hydrogen-bond donors (Lipinski definition) is 3. The van der Waals surface area contributed by atoms with E-state index in [1.54, 1.807) is 31.2 Å². The van der Waals surface area contributed by atoms with E-state index in [0.29, 0.717) is 57.1 Å². The van der Waals surface area contributed by atoms with Gasteiger partial charge in [-0.2, -0.15) is 4.31 Å². The van der Waals surface area contributed by atoms with E-state index in [-0.39, 0.29) is 40.3 Å². The van der Waals surface area contributed by atoms with Crippen LogP contribution < -0.4 is 20.5 Å². The van der Waals surface area contributed by atoms with Gasteiger partial charge >= 0.3 is 0 Å². The Morgan fingerprint density at radius 1 is 0.959 bits per heavy atom. The molecule has 0 aromatic heterocycles. The van der Waals surface area contributed by atoms with Gasteiger partial charge in [0.2, 0.25) is 10.0 Å². The summed E-state index contributed by atoms with van der Waals surface area (Å²) in [5, 5.41) is 13.9. The fraction of sp³-hybridized carbons (Fsp3) is 0.500. The quantitative estimate of drug-likeness (QED) is 0.224. The summed E-state index contributed by atoms with van der Waals surface area (Å²) in [6, 6.07) is 19.7. The molecule has 49 heavy (non-hydrogen) atoms. The summed E-state index contributed by atoms with van der Waals surface area (Å²) in [6.45, 7) is 5.13. The first kappa shape index (κ1) is 35.8. The molecule has 3 aliphatic rings. The van der Waals surface area contributed by atoms with E-state index in [9.17, 15) is 21.9 Å². The molecule has 13 heteroatoms. The normalized spacial score (nSPS) is 21.0. The highest BCUT2D eigenvalue weighted by Gasteiger charge is 2.45. The highest BCUT2D eigenvalue weighted by Crippen LogP contribution is 2.43. The topological polar surface area (TPSA) is 157 Å². The monoisotopic (exact) mass is 713 g/mol. The van der Waals surface area contributed by atoms with Crippen LogP contribution in [0.4, 0.5) is 0 Å². The number of sulfonamides is 1. The number of nitrogens with two attached hydrogens (primary N) is 1. The maximum Gasteiger partial charge on any atom is 0.246 e. The number of nitrogens with zero attached hydrogens (tertiary/aromatic N) is 1. The minimum absolute atomic E-state index is 0.00118. The van der Waals surface area contributed by atoms with Crippen molar-refractivity contribution in [1.29, 1.82) is 0 Å². The van der Waals surface area contributed by atoms with Crippen molar-refractivity contribution in [2.24, 2.45) is 5.73 Å². The summed E-state index contributed by atoms with van der Waals surface area (Å²) in [7, 11) is -7.21. The number of nitrogens with one attached hydrogen (secondary N) is 1. The van der Waals surface area contributed by atoms with Crippen LogP contribution in [-0.2, 0) is 30.1 Å². The smallest absolute Gasteiger partial charge is 0.246 e. The van der Waals surface area contributed by atoms with E-state index in [0.717, 1.165) is 29.5 Å². The van der Waals surface area contributed by atoms with Gasteiger partial charge in [0.1, 0.15) is 29.1 Å². The van der Waals surface area contributed by atoms with E-state index in [4.69, 9.17) is 19.9 Å². The van der Waals surface area contributed by atoms with Crippen molar-refractivity contribution < 1.29 is 36.2 Å². The lowest BCUT2D eigenvalue weighted by atomic mass is 9.88. The van der Waals surface area contributed by atoms with E-state index in [1.807, 2.05) is 37.3 Å². The summed E-state index contributed by atoms with van der Waals surface area (Å²) in [5.41, 5.74) is 8.49. The molecule has 0 radical (unpaired) electrons. The summed E-state index contributed by atoms with van der Waals surface area (Å²) < 4.78 is 71.7. The van der Waals surface area contributed by atoms with E-state index >= 15 is 0 Å². The van der Waals surface area contributed by atoms with Crippen LogP contribution in [-0.4, -0.2) is 89.2 Å². The van der Waals surface area contributed by atoms with Gasteiger partial charge in [0.05, 0.1) is 29.5 Å². The highest BCUT2D eigenvalue weighted by atomic mass is 32.2. The average molecular weight is 714 g/mol. The van der Waals surface area contributed by atoms with Crippen molar-refractivity contribution in [2.45, 2.75) is 79.0 Å². The molecule has 266 valence electrons.